The van der Waals surface area contributed by atoms with Crippen molar-refractivity contribution in [3.63, 3.8) is 0 Å². The van der Waals surface area contributed by atoms with Gasteiger partial charge in [0, 0.05) is 56.0 Å². The summed E-state index contributed by atoms with van der Waals surface area (Å²) in [5.41, 5.74) is 17.3. The lowest BCUT2D eigenvalue weighted by atomic mass is 9.81. The maximum absolute atomic E-state index is 6.46. The fraction of sp³-hybridized carbons (Fsp3) is 0.0943. The van der Waals surface area contributed by atoms with Crippen molar-refractivity contribution in [1.29, 1.82) is 0 Å². The standard InChI is InChI=1S/C53H37N3O/c1-53(2)42-21-12-20-40(52-54-44-22-9-6-17-37(44)51(55-52)39-19-13-25-48-50(39)38-18-8-11-24-47(38)57-48)49(42)36-28-26-33(31-43(36)53)32-27-29-46-41(30-32)35-16-7-10-23-45(35)56(46)34-14-4-3-5-15-34/h3-24,26-31,48H,25H2,1-2H3. The highest BCUT2D eigenvalue weighted by Crippen LogP contribution is 2.53. The first kappa shape index (κ1) is 32.2. The zero-order valence-corrected chi connectivity index (χ0v) is 31.7. The first-order valence-electron chi connectivity index (χ1n) is 19.8. The lowest BCUT2D eigenvalue weighted by Crippen LogP contribution is -2.15. The molecule has 3 heterocycles. The molecule has 1 atom stereocenters. The molecule has 2 aromatic heterocycles. The van der Waals surface area contributed by atoms with E-state index in [0.29, 0.717) is 0 Å². The van der Waals surface area contributed by atoms with Crippen molar-refractivity contribution in [2.24, 2.45) is 0 Å². The minimum atomic E-state index is -0.224. The third kappa shape index (κ3) is 4.68. The molecule has 0 saturated carbocycles. The molecule has 2 aliphatic carbocycles. The molecule has 9 aromatic rings. The molecule has 57 heavy (non-hydrogen) atoms. The Morgan fingerprint density at radius 3 is 2.25 bits per heavy atom. The molecule has 7 aromatic carbocycles. The van der Waals surface area contributed by atoms with Crippen molar-refractivity contribution >= 4 is 43.9 Å². The van der Waals surface area contributed by atoms with Gasteiger partial charge in [0.05, 0.1) is 22.2 Å². The quantitative estimate of drug-likeness (QED) is 0.181. The summed E-state index contributed by atoms with van der Waals surface area (Å²) in [6.07, 6.45) is 5.28. The number of ether oxygens (including phenoxy) is 1. The van der Waals surface area contributed by atoms with Gasteiger partial charge in [-0.25, -0.2) is 9.97 Å². The van der Waals surface area contributed by atoms with Gasteiger partial charge in [0.1, 0.15) is 11.9 Å². The Morgan fingerprint density at radius 2 is 1.33 bits per heavy atom. The van der Waals surface area contributed by atoms with Gasteiger partial charge >= 0.3 is 0 Å². The number of hydrogen-bond acceptors (Lipinski definition) is 3. The number of nitrogens with zero attached hydrogens (tertiary/aromatic N) is 3. The van der Waals surface area contributed by atoms with Crippen LogP contribution in [0.2, 0.25) is 0 Å². The summed E-state index contributed by atoms with van der Waals surface area (Å²) in [6.45, 7) is 4.71. The molecule has 0 saturated heterocycles. The molecule has 0 N–H and O–H groups in total. The van der Waals surface area contributed by atoms with E-state index in [9.17, 15) is 0 Å². The number of hydrogen-bond donors (Lipinski definition) is 0. The fourth-order valence-electron chi connectivity index (χ4n) is 9.83. The number of aromatic nitrogens is 3. The Balaban J connectivity index is 1.01. The van der Waals surface area contributed by atoms with Crippen molar-refractivity contribution in [2.75, 3.05) is 0 Å². The SMILES string of the molecule is CC1(C)c2cc(-c3ccc4c(c3)c3ccccc3n4-c3ccccc3)ccc2-c2c(-c3nc(C4=C5c6ccccc6OC5CC=C4)c4ccccc4n3)cccc21. The minimum Gasteiger partial charge on any atom is -0.485 e. The Labute approximate surface area is 331 Å². The van der Waals surface area contributed by atoms with E-state index >= 15 is 0 Å². The van der Waals surface area contributed by atoms with Crippen LogP contribution in [-0.2, 0) is 5.41 Å². The van der Waals surface area contributed by atoms with Crippen LogP contribution in [0.15, 0.2) is 170 Å². The molecule has 1 unspecified atom stereocenters. The molecule has 0 fully saturated rings. The maximum Gasteiger partial charge on any atom is 0.161 e. The summed E-state index contributed by atoms with van der Waals surface area (Å²) in [5, 5.41) is 3.55. The van der Waals surface area contributed by atoms with Gasteiger partial charge in [0.2, 0.25) is 0 Å². The van der Waals surface area contributed by atoms with Crippen LogP contribution >= 0.6 is 0 Å². The van der Waals surface area contributed by atoms with Crippen molar-refractivity contribution in [1.82, 2.24) is 14.5 Å². The van der Waals surface area contributed by atoms with Gasteiger partial charge in [-0.15, -0.1) is 0 Å². The number of allylic oxidation sites excluding steroid dienone is 2. The highest BCUT2D eigenvalue weighted by atomic mass is 16.5. The lowest BCUT2D eigenvalue weighted by molar-refractivity contribution is 0.279. The van der Waals surface area contributed by atoms with Crippen molar-refractivity contribution < 1.29 is 4.74 Å². The number of para-hydroxylation sites is 4. The molecule has 4 heteroatoms. The van der Waals surface area contributed by atoms with E-state index in [1.54, 1.807) is 0 Å². The van der Waals surface area contributed by atoms with Crippen LogP contribution in [-0.4, -0.2) is 20.6 Å². The van der Waals surface area contributed by atoms with E-state index in [1.807, 2.05) is 6.07 Å². The molecule has 270 valence electrons. The Morgan fingerprint density at radius 1 is 0.596 bits per heavy atom. The fourth-order valence-corrected chi connectivity index (χ4v) is 9.83. The number of fused-ring (bicyclic) bond motifs is 10. The minimum absolute atomic E-state index is 0.0226. The van der Waals surface area contributed by atoms with Crippen LogP contribution in [0, 0.1) is 0 Å². The third-order valence-corrected chi connectivity index (χ3v) is 12.5. The Bertz CT molecular complexity index is 3220. The molecule has 0 spiro atoms. The summed E-state index contributed by atoms with van der Waals surface area (Å²) in [4.78, 5) is 10.8. The predicted molar refractivity (Wildman–Crippen MR) is 234 cm³/mol. The normalized spacial score (nSPS) is 16.1. The summed E-state index contributed by atoms with van der Waals surface area (Å²) < 4.78 is 8.83. The number of rotatable bonds is 4. The van der Waals surface area contributed by atoms with Gasteiger partial charge in [-0.3, -0.25) is 0 Å². The van der Waals surface area contributed by atoms with Crippen molar-refractivity contribution in [3.8, 4) is 45.1 Å². The molecule has 1 aliphatic heterocycles. The van der Waals surface area contributed by atoms with E-state index in [2.05, 4.69) is 182 Å². The third-order valence-electron chi connectivity index (χ3n) is 12.5. The summed E-state index contributed by atoms with van der Waals surface area (Å²) in [7, 11) is 0. The van der Waals surface area contributed by atoms with E-state index in [0.717, 1.165) is 51.3 Å². The molecule has 4 nitrogen and oxygen atoms in total. The first-order valence-corrected chi connectivity index (χ1v) is 19.8. The van der Waals surface area contributed by atoms with Crippen molar-refractivity contribution in [2.45, 2.75) is 31.8 Å². The van der Waals surface area contributed by atoms with Gasteiger partial charge in [0.25, 0.3) is 0 Å². The molecule has 12 rings (SSSR count). The number of benzene rings is 7. The highest BCUT2D eigenvalue weighted by Gasteiger charge is 2.38. The van der Waals surface area contributed by atoms with Crippen LogP contribution in [0.5, 0.6) is 5.75 Å². The second kappa shape index (κ2) is 12.0. The van der Waals surface area contributed by atoms with E-state index in [-0.39, 0.29) is 11.5 Å². The second-order valence-electron chi connectivity index (χ2n) is 16.0. The van der Waals surface area contributed by atoms with Crippen LogP contribution < -0.4 is 4.74 Å². The summed E-state index contributed by atoms with van der Waals surface area (Å²) in [6, 6.07) is 56.8. The van der Waals surface area contributed by atoms with Gasteiger partial charge in [0.15, 0.2) is 5.82 Å². The first-order chi connectivity index (χ1) is 28.0. The van der Waals surface area contributed by atoms with E-state index in [1.165, 1.54) is 66.4 Å². The largest absolute Gasteiger partial charge is 0.485 e. The van der Waals surface area contributed by atoms with Gasteiger partial charge in [-0.2, -0.15) is 0 Å². The smallest absolute Gasteiger partial charge is 0.161 e. The molecule has 0 bridgehead atoms. The zero-order chi connectivity index (χ0) is 37.8. The van der Waals surface area contributed by atoms with Crippen LogP contribution in [0.1, 0.15) is 42.7 Å². The lowest BCUT2D eigenvalue weighted by Gasteiger charge is -2.22. The molecule has 0 radical (unpaired) electrons. The van der Waals surface area contributed by atoms with Crippen LogP contribution in [0.3, 0.4) is 0 Å². The topological polar surface area (TPSA) is 39.9 Å². The Kier molecular flexibility index (Phi) is 6.77. The van der Waals surface area contributed by atoms with Gasteiger partial charge < -0.3 is 9.30 Å². The molecule has 0 amide bonds. The molecular formula is C53H37N3O. The van der Waals surface area contributed by atoms with Crippen molar-refractivity contribution in [3.05, 3.63) is 192 Å². The second-order valence-corrected chi connectivity index (χ2v) is 16.0. The molecule has 3 aliphatic rings. The van der Waals surface area contributed by atoms with E-state index in [4.69, 9.17) is 14.7 Å². The average molecular weight is 732 g/mol. The Hall–Kier alpha value is -7.04. The zero-order valence-electron chi connectivity index (χ0n) is 31.7. The summed E-state index contributed by atoms with van der Waals surface area (Å²) >= 11 is 0. The van der Waals surface area contributed by atoms with Gasteiger partial charge in [-0.1, -0.05) is 135 Å². The maximum atomic E-state index is 6.46. The molecular weight excluding hydrogens is 695 g/mol. The predicted octanol–water partition coefficient (Wildman–Crippen LogP) is 13.0. The summed E-state index contributed by atoms with van der Waals surface area (Å²) in [5.74, 6) is 1.68. The average Bonchev–Trinajstić information content (AvgIpc) is 3.88. The van der Waals surface area contributed by atoms with E-state index < -0.39 is 0 Å². The highest BCUT2D eigenvalue weighted by molar-refractivity contribution is 6.11. The van der Waals surface area contributed by atoms with Crippen LogP contribution in [0.25, 0.3) is 83.2 Å². The monoisotopic (exact) mass is 731 g/mol. The van der Waals surface area contributed by atoms with Crippen LogP contribution in [0.4, 0.5) is 0 Å². The van der Waals surface area contributed by atoms with Gasteiger partial charge in [-0.05, 0) is 81.9 Å².